The van der Waals surface area contributed by atoms with Crippen molar-refractivity contribution in [3.8, 4) is 0 Å². The largest absolute Gasteiger partial charge is 0.370 e. The smallest absolute Gasteiger partial charge is 0.160 e. The summed E-state index contributed by atoms with van der Waals surface area (Å²) in [4.78, 5) is 9.73. The minimum Gasteiger partial charge on any atom is -0.370 e. The third kappa shape index (κ3) is 2.25. The van der Waals surface area contributed by atoms with E-state index < -0.39 is 0 Å². The molecule has 110 valence electrons. The van der Waals surface area contributed by atoms with Crippen LogP contribution in [0.1, 0.15) is 62.3 Å². The standard InChI is InChI=1S/C16H25N3O/c1-4-13-12-9-17-10-14(12)19-15(18-13)16(20-3)7-5-11(2)6-8-16/h11,17H,4-10H2,1-3H3. The zero-order chi connectivity index (χ0) is 14.2. The zero-order valence-corrected chi connectivity index (χ0v) is 12.8. The molecule has 1 saturated carbocycles. The number of rotatable bonds is 3. The van der Waals surface area contributed by atoms with Crippen molar-refractivity contribution in [3.05, 3.63) is 22.8 Å². The number of ether oxygens (including phenoxy) is 1. The van der Waals surface area contributed by atoms with E-state index in [0.29, 0.717) is 0 Å². The van der Waals surface area contributed by atoms with Crippen LogP contribution < -0.4 is 5.32 Å². The predicted octanol–water partition coefficient (Wildman–Crippen LogP) is 2.69. The first kappa shape index (κ1) is 14.0. The fourth-order valence-corrected chi connectivity index (χ4v) is 3.48. The van der Waals surface area contributed by atoms with E-state index >= 15 is 0 Å². The first-order valence-electron chi connectivity index (χ1n) is 7.83. The first-order chi connectivity index (χ1) is 9.68. The van der Waals surface area contributed by atoms with Gasteiger partial charge in [-0.25, -0.2) is 9.97 Å². The van der Waals surface area contributed by atoms with Gasteiger partial charge in [-0.15, -0.1) is 0 Å². The molecule has 0 unspecified atom stereocenters. The summed E-state index contributed by atoms with van der Waals surface area (Å²) < 4.78 is 5.93. The first-order valence-corrected chi connectivity index (χ1v) is 7.83. The lowest BCUT2D eigenvalue weighted by Crippen LogP contribution is -2.35. The molecule has 2 heterocycles. The Morgan fingerprint density at radius 3 is 2.65 bits per heavy atom. The van der Waals surface area contributed by atoms with Crippen molar-refractivity contribution < 1.29 is 4.74 Å². The van der Waals surface area contributed by atoms with Gasteiger partial charge in [0, 0.05) is 31.5 Å². The number of hydrogen-bond donors (Lipinski definition) is 1. The summed E-state index contributed by atoms with van der Waals surface area (Å²) >= 11 is 0. The summed E-state index contributed by atoms with van der Waals surface area (Å²) in [7, 11) is 1.82. The lowest BCUT2D eigenvalue weighted by atomic mass is 9.78. The predicted molar refractivity (Wildman–Crippen MR) is 78.3 cm³/mol. The molecule has 1 aliphatic heterocycles. The van der Waals surface area contributed by atoms with Gasteiger partial charge >= 0.3 is 0 Å². The van der Waals surface area contributed by atoms with E-state index in [0.717, 1.165) is 44.1 Å². The second-order valence-corrected chi connectivity index (χ2v) is 6.26. The minimum absolute atomic E-state index is 0.256. The molecule has 0 radical (unpaired) electrons. The second-order valence-electron chi connectivity index (χ2n) is 6.26. The van der Waals surface area contributed by atoms with E-state index in [2.05, 4.69) is 19.2 Å². The molecule has 2 aliphatic rings. The van der Waals surface area contributed by atoms with Crippen LogP contribution in [0.4, 0.5) is 0 Å². The van der Waals surface area contributed by atoms with Gasteiger partial charge in [0.15, 0.2) is 5.82 Å². The highest BCUT2D eigenvalue weighted by Crippen LogP contribution is 2.41. The topological polar surface area (TPSA) is 47.0 Å². The Morgan fingerprint density at radius 1 is 1.25 bits per heavy atom. The van der Waals surface area contributed by atoms with E-state index in [4.69, 9.17) is 14.7 Å². The Bertz CT molecular complexity index is 493. The van der Waals surface area contributed by atoms with Crippen molar-refractivity contribution in [2.45, 2.75) is 64.6 Å². The SMILES string of the molecule is CCc1nc(C2(OC)CCC(C)CC2)nc2c1CNC2. The van der Waals surface area contributed by atoms with Crippen molar-refractivity contribution in [2.24, 2.45) is 5.92 Å². The number of fused-ring (bicyclic) bond motifs is 1. The van der Waals surface area contributed by atoms with Crippen molar-refractivity contribution in [2.75, 3.05) is 7.11 Å². The number of aromatic nitrogens is 2. The van der Waals surface area contributed by atoms with E-state index in [1.54, 1.807) is 0 Å². The molecule has 0 bridgehead atoms. The van der Waals surface area contributed by atoms with E-state index in [1.807, 2.05) is 7.11 Å². The van der Waals surface area contributed by atoms with E-state index in [1.165, 1.54) is 29.8 Å². The summed E-state index contributed by atoms with van der Waals surface area (Å²) in [6.07, 6.45) is 5.46. The molecule has 1 aromatic rings. The number of aryl methyl sites for hydroxylation is 1. The normalized spacial score (nSPS) is 29.4. The quantitative estimate of drug-likeness (QED) is 0.921. The number of nitrogens with zero attached hydrogens (tertiary/aromatic N) is 2. The van der Waals surface area contributed by atoms with Gasteiger partial charge in [-0.05, 0) is 38.0 Å². The Kier molecular flexibility index (Phi) is 3.78. The van der Waals surface area contributed by atoms with Gasteiger partial charge in [-0.1, -0.05) is 13.8 Å². The molecule has 0 aromatic carbocycles. The van der Waals surface area contributed by atoms with Crippen LogP contribution in [0, 0.1) is 5.92 Å². The molecule has 1 aliphatic carbocycles. The van der Waals surface area contributed by atoms with Crippen molar-refractivity contribution >= 4 is 0 Å². The number of nitrogens with one attached hydrogen (secondary N) is 1. The molecule has 20 heavy (non-hydrogen) atoms. The average molecular weight is 275 g/mol. The summed E-state index contributed by atoms with van der Waals surface area (Å²) in [5.74, 6) is 1.71. The Labute approximate surface area is 121 Å². The third-order valence-corrected chi connectivity index (χ3v) is 4.99. The molecular formula is C16H25N3O. The van der Waals surface area contributed by atoms with Gasteiger partial charge in [0.1, 0.15) is 5.60 Å². The molecule has 0 atom stereocenters. The second kappa shape index (κ2) is 5.41. The lowest BCUT2D eigenvalue weighted by molar-refractivity contribution is -0.0600. The van der Waals surface area contributed by atoms with Gasteiger partial charge in [-0.3, -0.25) is 0 Å². The highest BCUT2D eigenvalue weighted by molar-refractivity contribution is 5.30. The van der Waals surface area contributed by atoms with Crippen LogP contribution in [0.15, 0.2) is 0 Å². The highest BCUT2D eigenvalue weighted by atomic mass is 16.5. The Hall–Kier alpha value is -1.00. The molecule has 1 N–H and O–H groups in total. The minimum atomic E-state index is -0.256. The molecular weight excluding hydrogens is 250 g/mol. The molecule has 4 heteroatoms. The zero-order valence-electron chi connectivity index (χ0n) is 12.8. The summed E-state index contributed by atoms with van der Waals surface area (Å²) in [5.41, 5.74) is 3.44. The molecule has 0 amide bonds. The van der Waals surface area contributed by atoms with Crippen LogP contribution in [-0.2, 0) is 29.8 Å². The van der Waals surface area contributed by atoms with Crippen LogP contribution in [0.5, 0.6) is 0 Å². The molecule has 0 spiro atoms. The van der Waals surface area contributed by atoms with Crippen LogP contribution in [0.25, 0.3) is 0 Å². The Morgan fingerprint density at radius 2 is 2.00 bits per heavy atom. The lowest BCUT2D eigenvalue weighted by Gasteiger charge is -2.37. The fraction of sp³-hybridized carbons (Fsp3) is 0.750. The maximum absolute atomic E-state index is 5.93. The maximum Gasteiger partial charge on any atom is 0.160 e. The molecule has 0 saturated heterocycles. The highest BCUT2D eigenvalue weighted by Gasteiger charge is 2.39. The van der Waals surface area contributed by atoms with Gasteiger partial charge in [0.2, 0.25) is 0 Å². The van der Waals surface area contributed by atoms with Crippen molar-refractivity contribution in [1.82, 2.24) is 15.3 Å². The third-order valence-electron chi connectivity index (χ3n) is 4.99. The molecule has 1 fully saturated rings. The van der Waals surface area contributed by atoms with Gasteiger partial charge in [0.05, 0.1) is 5.69 Å². The van der Waals surface area contributed by atoms with Gasteiger partial charge in [-0.2, -0.15) is 0 Å². The summed E-state index contributed by atoms with van der Waals surface area (Å²) in [6.45, 7) is 6.28. The molecule has 4 nitrogen and oxygen atoms in total. The fourth-order valence-electron chi connectivity index (χ4n) is 3.48. The van der Waals surface area contributed by atoms with Crippen molar-refractivity contribution in [1.29, 1.82) is 0 Å². The van der Waals surface area contributed by atoms with Crippen LogP contribution in [0.2, 0.25) is 0 Å². The van der Waals surface area contributed by atoms with Crippen LogP contribution in [-0.4, -0.2) is 17.1 Å². The average Bonchev–Trinajstić information content (AvgIpc) is 2.96. The summed E-state index contributed by atoms with van der Waals surface area (Å²) in [5, 5.41) is 3.39. The number of hydrogen-bond acceptors (Lipinski definition) is 4. The van der Waals surface area contributed by atoms with Crippen molar-refractivity contribution in [3.63, 3.8) is 0 Å². The Balaban J connectivity index is 2.00. The molecule has 3 rings (SSSR count). The van der Waals surface area contributed by atoms with E-state index in [9.17, 15) is 0 Å². The number of methoxy groups -OCH3 is 1. The van der Waals surface area contributed by atoms with Gasteiger partial charge < -0.3 is 10.1 Å². The monoisotopic (exact) mass is 275 g/mol. The van der Waals surface area contributed by atoms with E-state index in [-0.39, 0.29) is 5.60 Å². The summed E-state index contributed by atoms with van der Waals surface area (Å²) in [6, 6.07) is 0. The van der Waals surface area contributed by atoms with Crippen LogP contribution >= 0.6 is 0 Å². The maximum atomic E-state index is 5.93. The van der Waals surface area contributed by atoms with Gasteiger partial charge in [0.25, 0.3) is 0 Å². The molecule has 1 aromatic heterocycles. The van der Waals surface area contributed by atoms with Crippen LogP contribution in [0.3, 0.4) is 0 Å².